The van der Waals surface area contributed by atoms with Crippen molar-refractivity contribution in [2.45, 2.75) is 38.1 Å². The number of halogens is 4. The lowest BCUT2D eigenvalue weighted by atomic mass is 9.84. The summed E-state index contributed by atoms with van der Waals surface area (Å²) >= 11 is 0. The summed E-state index contributed by atoms with van der Waals surface area (Å²) in [5.74, 6) is 5.14. The maximum Gasteiger partial charge on any atom is 0.425 e. The molecule has 0 aliphatic carbocycles. The summed E-state index contributed by atoms with van der Waals surface area (Å²) in [4.78, 5) is 12.1. The topological polar surface area (TPSA) is 73.4 Å². The molecule has 0 fully saturated rings. The van der Waals surface area contributed by atoms with Crippen LogP contribution < -0.4 is 5.73 Å². The monoisotopic (exact) mass is 418 g/mol. The summed E-state index contributed by atoms with van der Waals surface area (Å²) in [5.41, 5.74) is 5.48. The van der Waals surface area contributed by atoms with Gasteiger partial charge >= 0.3 is 6.18 Å². The summed E-state index contributed by atoms with van der Waals surface area (Å²) in [6.07, 6.45) is -2.79. The van der Waals surface area contributed by atoms with E-state index in [-0.39, 0.29) is 11.4 Å². The number of aliphatic imine (C=N–C) groups is 1. The average Bonchev–Trinajstić information content (AvgIpc) is 2.66. The van der Waals surface area contributed by atoms with Crippen LogP contribution in [0.3, 0.4) is 0 Å². The lowest BCUT2D eigenvalue weighted by Gasteiger charge is -2.36. The molecule has 1 aliphatic rings. The van der Waals surface area contributed by atoms with E-state index in [9.17, 15) is 17.6 Å². The second kappa shape index (κ2) is 7.78. The standard InChI is InChI=1S/C21H18F4N4O/c1-4-13-10-27-18(28-11-13)6-5-14-8-15(16(22)7-12(14)2)20(3)9-17(21(23,24)25)30-19(26)29-20/h4,7-8,10-11,17H,1,9H2,2-3H3,(H2,26,29)/t17-,20-/m0/s1. The van der Waals surface area contributed by atoms with Crippen LogP contribution in [0, 0.1) is 24.6 Å². The first-order chi connectivity index (χ1) is 14.0. The van der Waals surface area contributed by atoms with Crippen LogP contribution in [-0.4, -0.2) is 28.3 Å². The number of amidine groups is 1. The van der Waals surface area contributed by atoms with Gasteiger partial charge in [-0.15, -0.1) is 0 Å². The molecule has 156 valence electrons. The van der Waals surface area contributed by atoms with E-state index in [0.29, 0.717) is 11.1 Å². The third-order valence-corrected chi connectivity index (χ3v) is 4.68. The maximum absolute atomic E-state index is 14.7. The van der Waals surface area contributed by atoms with Crippen molar-refractivity contribution in [3.63, 3.8) is 0 Å². The Kier molecular flexibility index (Phi) is 5.53. The number of hydrogen-bond donors (Lipinski definition) is 1. The number of rotatable bonds is 2. The Balaban J connectivity index is 2.02. The highest BCUT2D eigenvalue weighted by atomic mass is 19.4. The second-order valence-electron chi connectivity index (χ2n) is 7.02. The molecule has 1 aromatic carbocycles. The highest BCUT2D eigenvalue weighted by molar-refractivity contribution is 5.73. The van der Waals surface area contributed by atoms with E-state index in [1.165, 1.54) is 19.1 Å². The zero-order valence-electron chi connectivity index (χ0n) is 16.2. The quantitative estimate of drug-likeness (QED) is 0.594. The van der Waals surface area contributed by atoms with Gasteiger partial charge in [0.2, 0.25) is 5.82 Å². The van der Waals surface area contributed by atoms with Crippen molar-refractivity contribution in [3.05, 3.63) is 65.0 Å². The van der Waals surface area contributed by atoms with Crippen molar-refractivity contribution in [1.29, 1.82) is 0 Å². The Morgan fingerprint density at radius 2 is 1.93 bits per heavy atom. The van der Waals surface area contributed by atoms with E-state index in [2.05, 4.69) is 38.1 Å². The molecule has 2 atom stereocenters. The maximum atomic E-state index is 14.7. The zero-order valence-corrected chi connectivity index (χ0v) is 16.2. The minimum absolute atomic E-state index is 0.0548. The molecule has 0 amide bonds. The Hall–Kier alpha value is -3.41. The van der Waals surface area contributed by atoms with E-state index in [1.807, 2.05) is 0 Å². The number of aryl methyl sites for hydroxylation is 1. The number of ether oxygens (including phenoxy) is 1. The van der Waals surface area contributed by atoms with Gasteiger partial charge < -0.3 is 10.5 Å². The Morgan fingerprint density at radius 1 is 1.27 bits per heavy atom. The van der Waals surface area contributed by atoms with Gasteiger partial charge in [-0.1, -0.05) is 18.6 Å². The number of nitrogens with two attached hydrogens (primary N) is 1. The van der Waals surface area contributed by atoms with Crippen molar-refractivity contribution in [1.82, 2.24) is 9.97 Å². The van der Waals surface area contributed by atoms with E-state index in [4.69, 9.17) is 5.73 Å². The highest BCUT2D eigenvalue weighted by Crippen LogP contribution is 2.41. The molecule has 0 spiro atoms. The van der Waals surface area contributed by atoms with Gasteiger partial charge in [-0.2, -0.15) is 13.2 Å². The summed E-state index contributed by atoms with van der Waals surface area (Å²) in [6.45, 7) is 6.63. The molecular weight excluding hydrogens is 400 g/mol. The molecule has 30 heavy (non-hydrogen) atoms. The lowest BCUT2D eigenvalue weighted by Crippen LogP contribution is -2.46. The van der Waals surface area contributed by atoms with Gasteiger partial charge in [-0.25, -0.2) is 19.4 Å². The second-order valence-corrected chi connectivity index (χ2v) is 7.02. The number of nitrogens with zero attached hydrogens (tertiary/aromatic N) is 3. The molecule has 3 rings (SSSR count). The smallest absolute Gasteiger partial charge is 0.425 e. The molecule has 2 N–H and O–H groups in total. The van der Waals surface area contributed by atoms with E-state index in [0.717, 1.165) is 5.56 Å². The largest absolute Gasteiger partial charge is 0.452 e. The van der Waals surface area contributed by atoms with Gasteiger partial charge in [-0.3, -0.25) is 0 Å². The van der Waals surface area contributed by atoms with E-state index < -0.39 is 36.1 Å². The number of hydrogen-bond acceptors (Lipinski definition) is 5. The molecular formula is C21H18F4N4O. The van der Waals surface area contributed by atoms with Crippen molar-refractivity contribution in [2.24, 2.45) is 10.7 Å². The summed E-state index contributed by atoms with van der Waals surface area (Å²) in [6, 6.07) is 1.94. The molecule has 0 saturated carbocycles. The van der Waals surface area contributed by atoms with Crippen LogP contribution in [0.2, 0.25) is 0 Å². The minimum Gasteiger partial charge on any atom is -0.452 e. The van der Waals surface area contributed by atoms with Crippen LogP contribution in [-0.2, 0) is 10.3 Å². The van der Waals surface area contributed by atoms with Crippen LogP contribution in [0.1, 0.15) is 41.4 Å². The Labute approximate surface area is 170 Å². The third-order valence-electron chi connectivity index (χ3n) is 4.68. The molecule has 2 aromatic rings. The SMILES string of the molecule is C=Cc1cnc(C#Cc2cc([C@]3(C)C[C@@H](C(F)(F)F)OC(N)=N3)c(F)cc2C)nc1. The fraction of sp³-hybridized carbons (Fsp3) is 0.286. The molecule has 2 heterocycles. The normalized spacial score (nSPS) is 21.1. The molecule has 0 bridgehead atoms. The lowest BCUT2D eigenvalue weighted by molar-refractivity contribution is -0.208. The van der Waals surface area contributed by atoms with Gasteiger partial charge in [0.05, 0.1) is 5.54 Å². The minimum atomic E-state index is -4.67. The number of alkyl halides is 3. The molecule has 1 aromatic heterocycles. The number of aromatic nitrogens is 2. The fourth-order valence-electron chi connectivity index (χ4n) is 3.07. The van der Waals surface area contributed by atoms with Crippen LogP contribution in [0.25, 0.3) is 6.08 Å². The molecule has 0 saturated heterocycles. The first kappa shape index (κ1) is 21.3. The van der Waals surface area contributed by atoms with Gasteiger partial charge in [0, 0.05) is 35.5 Å². The highest BCUT2D eigenvalue weighted by Gasteiger charge is 2.50. The third kappa shape index (κ3) is 4.43. The van der Waals surface area contributed by atoms with Crippen molar-refractivity contribution in [2.75, 3.05) is 0 Å². The molecule has 1 aliphatic heterocycles. The van der Waals surface area contributed by atoms with Crippen LogP contribution in [0.4, 0.5) is 17.6 Å². The average molecular weight is 418 g/mol. The van der Waals surface area contributed by atoms with Gasteiger partial charge in [-0.05, 0) is 37.5 Å². The van der Waals surface area contributed by atoms with Crippen molar-refractivity contribution < 1.29 is 22.3 Å². The summed E-state index contributed by atoms with van der Waals surface area (Å²) < 4.78 is 59.0. The summed E-state index contributed by atoms with van der Waals surface area (Å²) in [7, 11) is 0. The van der Waals surface area contributed by atoms with E-state index >= 15 is 0 Å². The number of benzene rings is 1. The molecule has 5 nitrogen and oxygen atoms in total. The Morgan fingerprint density at radius 3 is 2.53 bits per heavy atom. The van der Waals surface area contributed by atoms with Gasteiger partial charge in [0.15, 0.2) is 6.10 Å². The van der Waals surface area contributed by atoms with Crippen LogP contribution in [0.15, 0.2) is 36.1 Å². The first-order valence-electron chi connectivity index (χ1n) is 8.87. The van der Waals surface area contributed by atoms with Crippen LogP contribution >= 0.6 is 0 Å². The first-order valence-corrected chi connectivity index (χ1v) is 8.87. The molecule has 9 heteroatoms. The fourth-order valence-corrected chi connectivity index (χ4v) is 3.07. The summed E-state index contributed by atoms with van der Waals surface area (Å²) in [5, 5.41) is 0. The Bertz CT molecular complexity index is 1070. The van der Waals surface area contributed by atoms with E-state index in [1.54, 1.807) is 25.4 Å². The van der Waals surface area contributed by atoms with Gasteiger partial charge in [0.25, 0.3) is 6.02 Å². The van der Waals surface area contributed by atoms with Crippen LogP contribution in [0.5, 0.6) is 0 Å². The van der Waals surface area contributed by atoms with Gasteiger partial charge in [0.1, 0.15) is 5.82 Å². The van der Waals surface area contributed by atoms with Crippen molar-refractivity contribution in [3.8, 4) is 11.8 Å². The predicted octanol–water partition coefficient (Wildman–Crippen LogP) is 3.85. The molecule has 0 radical (unpaired) electrons. The predicted molar refractivity (Wildman–Crippen MR) is 104 cm³/mol. The van der Waals surface area contributed by atoms with Crippen molar-refractivity contribution >= 4 is 12.1 Å². The molecule has 0 unspecified atom stereocenters. The zero-order chi connectivity index (χ0) is 22.1.